The summed E-state index contributed by atoms with van der Waals surface area (Å²) in [5.74, 6) is 1.16. The van der Waals surface area contributed by atoms with Crippen molar-refractivity contribution in [1.29, 1.82) is 0 Å². The zero-order chi connectivity index (χ0) is 11.5. The van der Waals surface area contributed by atoms with Gasteiger partial charge in [-0.05, 0) is 30.5 Å². The summed E-state index contributed by atoms with van der Waals surface area (Å²) in [5, 5.41) is 0. The number of halogens is 1. The zero-order valence-corrected chi connectivity index (χ0v) is 10.9. The van der Waals surface area contributed by atoms with E-state index in [0.717, 1.165) is 30.6 Å². The number of hydrogen-bond acceptors (Lipinski definition) is 2. The van der Waals surface area contributed by atoms with Crippen LogP contribution < -0.4 is 4.74 Å². The molecular formula is C13H15BrO2. The molecule has 3 heteroatoms. The van der Waals surface area contributed by atoms with E-state index in [1.54, 1.807) is 7.11 Å². The Balaban J connectivity index is 2.25. The van der Waals surface area contributed by atoms with Crippen molar-refractivity contribution in [2.24, 2.45) is 0 Å². The Kier molecular flexibility index (Phi) is 3.64. The summed E-state index contributed by atoms with van der Waals surface area (Å²) >= 11 is 3.45. The second kappa shape index (κ2) is 5.00. The largest absolute Gasteiger partial charge is 0.497 e. The van der Waals surface area contributed by atoms with Gasteiger partial charge in [0, 0.05) is 5.92 Å². The van der Waals surface area contributed by atoms with E-state index in [0.29, 0.717) is 5.78 Å². The molecule has 16 heavy (non-hydrogen) atoms. The zero-order valence-electron chi connectivity index (χ0n) is 9.28. The number of ether oxygens (including phenoxy) is 1. The van der Waals surface area contributed by atoms with Crippen molar-refractivity contribution in [3.8, 4) is 5.75 Å². The molecule has 2 rings (SSSR count). The molecule has 2 nitrogen and oxygen atoms in total. The fourth-order valence-corrected chi connectivity index (χ4v) is 2.84. The second-order valence-electron chi connectivity index (χ2n) is 4.13. The van der Waals surface area contributed by atoms with Gasteiger partial charge in [-0.1, -0.05) is 34.5 Å². The fraction of sp³-hybridized carbons (Fsp3) is 0.462. The molecule has 0 radical (unpaired) electrons. The highest BCUT2D eigenvalue weighted by Crippen LogP contribution is 2.34. The van der Waals surface area contributed by atoms with Gasteiger partial charge >= 0.3 is 0 Å². The van der Waals surface area contributed by atoms with Crippen LogP contribution in [0.1, 0.15) is 30.7 Å². The Morgan fingerprint density at radius 3 is 2.94 bits per heavy atom. The first-order valence-corrected chi connectivity index (χ1v) is 6.45. The SMILES string of the molecule is COc1cccc(C2CCCC(Br)C2=O)c1. The average Bonchev–Trinajstić information content (AvgIpc) is 2.33. The van der Waals surface area contributed by atoms with Crippen LogP contribution in [0.4, 0.5) is 0 Å². The molecule has 2 unspecified atom stereocenters. The maximum absolute atomic E-state index is 12.0. The molecule has 0 spiro atoms. The van der Waals surface area contributed by atoms with Crippen molar-refractivity contribution in [2.45, 2.75) is 30.0 Å². The number of carbonyl (C=O) groups is 1. The van der Waals surface area contributed by atoms with Crippen LogP contribution in [-0.4, -0.2) is 17.7 Å². The molecular weight excluding hydrogens is 268 g/mol. The van der Waals surface area contributed by atoms with Gasteiger partial charge in [-0.25, -0.2) is 0 Å². The quantitative estimate of drug-likeness (QED) is 0.778. The number of alkyl halides is 1. The van der Waals surface area contributed by atoms with Gasteiger partial charge in [0.25, 0.3) is 0 Å². The Morgan fingerprint density at radius 1 is 1.38 bits per heavy atom. The monoisotopic (exact) mass is 282 g/mol. The van der Waals surface area contributed by atoms with Gasteiger partial charge in [0.1, 0.15) is 5.75 Å². The van der Waals surface area contributed by atoms with Crippen molar-refractivity contribution < 1.29 is 9.53 Å². The van der Waals surface area contributed by atoms with E-state index < -0.39 is 0 Å². The predicted molar refractivity (Wildman–Crippen MR) is 67.3 cm³/mol. The van der Waals surface area contributed by atoms with Crippen LogP contribution in [0.2, 0.25) is 0 Å². The predicted octanol–water partition coefficient (Wildman–Crippen LogP) is 3.30. The minimum Gasteiger partial charge on any atom is -0.497 e. The molecule has 1 aromatic carbocycles. The van der Waals surface area contributed by atoms with E-state index >= 15 is 0 Å². The van der Waals surface area contributed by atoms with Crippen molar-refractivity contribution in [3.05, 3.63) is 29.8 Å². The van der Waals surface area contributed by atoms with Crippen LogP contribution >= 0.6 is 15.9 Å². The van der Waals surface area contributed by atoms with Crippen LogP contribution in [-0.2, 0) is 4.79 Å². The van der Waals surface area contributed by atoms with Crippen molar-refractivity contribution in [1.82, 2.24) is 0 Å². The summed E-state index contributed by atoms with van der Waals surface area (Å²) in [6.07, 6.45) is 3.01. The standard InChI is InChI=1S/C13H15BrO2/c1-16-10-5-2-4-9(8-10)11-6-3-7-12(14)13(11)15/h2,4-5,8,11-12H,3,6-7H2,1H3. The van der Waals surface area contributed by atoms with E-state index in [4.69, 9.17) is 4.74 Å². The van der Waals surface area contributed by atoms with E-state index in [9.17, 15) is 4.79 Å². The highest BCUT2D eigenvalue weighted by molar-refractivity contribution is 9.10. The van der Waals surface area contributed by atoms with Gasteiger partial charge in [0.05, 0.1) is 11.9 Å². The Hall–Kier alpha value is -0.830. The topological polar surface area (TPSA) is 26.3 Å². The Morgan fingerprint density at radius 2 is 2.19 bits per heavy atom. The lowest BCUT2D eigenvalue weighted by atomic mass is 9.83. The number of hydrogen-bond donors (Lipinski definition) is 0. The van der Waals surface area contributed by atoms with Crippen LogP contribution in [0.5, 0.6) is 5.75 Å². The van der Waals surface area contributed by atoms with Crippen LogP contribution in [0.15, 0.2) is 24.3 Å². The normalized spacial score (nSPS) is 25.5. The molecule has 0 aliphatic heterocycles. The highest BCUT2D eigenvalue weighted by Gasteiger charge is 2.30. The van der Waals surface area contributed by atoms with Crippen LogP contribution in [0.3, 0.4) is 0 Å². The molecule has 86 valence electrons. The number of benzene rings is 1. The number of rotatable bonds is 2. The molecule has 0 heterocycles. The fourth-order valence-electron chi connectivity index (χ4n) is 2.19. The lowest BCUT2D eigenvalue weighted by Gasteiger charge is -2.24. The van der Waals surface area contributed by atoms with Gasteiger partial charge < -0.3 is 4.74 Å². The smallest absolute Gasteiger partial charge is 0.153 e. The van der Waals surface area contributed by atoms with Gasteiger partial charge in [0.15, 0.2) is 5.78 Å². The number of ketones is 1. The second-order valence-corrected chi connectivity index (χ2v) is 5.24. The van der Waals surface area contributed by atoms with Crippen molar-refractivity contribution >= 4 is 21.7 Å². The van der Waals surface area contributed by atoms with Gasteiger partial charge in [0.2, 0.25) is 0 Å². The molecule has 0 N–H and O–H groups in total. The molecule has 1 fully saturated rings. The first-order valence-electron chi connectivity index (χ1n) is 5.54. The molecule has 1 aromatic rings. The molecule has 2 atom stereocenters. The van der Waals surface area contributed by atoms with E-state index in [-0.39, 0.29) is 10.7 Å². The maximum Gasteiger partial charge on any atom is 0.153 e. The molecule has 1 aliphatic rings. The summed E-state index contributed by atoms with van der Waals surface area (Å²) in [7, 11) is 1.65. The van der Waals surface area contributed by atoms with Crippen LogP contribution in [0, 0.1) is 0 Å². The number of methoxy groups -OCH3 is 1. The van der Waals surface area contributed by atoms with E-state index in [1.165, 1.54) is 0 Å². The maximum atomic E-state index is 12.0. The number of carbonyl (C=O) groups excluding carboxylic acids is 1. The molecule has 1 aliphatic carbocycles. The molecule has 0 bridgehead atoms. The summed E-state index contributed by atoms with van der Waals surface area (Å²) in [6.45, 7) is 0. The highest BCUT2D eigenvalue weighted by atomic mass is 79.9. The summed E-state index contributed by atoms with van der Waals surface area (Å²) in [6, 6.07) is 7.82. The van der Waals surface area contributed by atoms with E-state index in [2.05, 4.69) is 15.9 Å². The first-order chi connectivity index (χ1) is 7.72. The Bertz CT molecular complexity index is 389. The third kappa shape index (κ3) is 2.29. The van der Waals surface area contributed by atoms with E-state index in [1.807, 2.05) is 24.3 Å². The lowest BCUT2D eigenvalue weighted by Crippen LogP contribution is -2.26. The minimum absolute atomic E-state index is 0.0254. The third-order valence-electron chi connectivity index (χ3n) is 3.10. The number of Topliss-reactive ketones (excluding diaryl/α,β-unsaturated/α-hetero) is 1. The lowest BCUT2D eigenvalue weighted by molar-refractivity contribution is -0.121. The molecule has 0 amide bonds. The van der Waals surface area contributed by atoms with Gasteiger partial charge in [-0.2, -0.15) is 0 Å². The Labute approximate surface area is 104 Å². The molecule has 1 saturated carbocycles. The average molecular weight is 283 g/mol. The third-order valence-corrected chi connectivity index (χ3v) is 4.01. The van der Waals surface area contributed by atoms with Crippen LogP contribution in [0.25, 0.3) is 0 Å². The van der Waals surface area contributed by atoms with Crippen molar-refractivity contribution in [3.63, 3.8) is 0 Å². The summed E-state index contributed by atoms with van der Waals surface area (Å²) in [5.41, 5.74) is 1.08. The minimum atomic E-state index is 0.0254. The summed E-state index contributed by atoms with van der Waals surface area (Å²) < 4.78 is 5.18. The molecule has 0 saturated heterocycles. The molecule has 0 aromatic heterocycles. The first kappa shape index (κ1) is 11.6. The summed E-state index contributed by atoms with van der Waals surface area (Å²) in [4.78, 5) is 12.1. The van der Waals surface area contributed by atoms with Crippen molar-refractivity contribution in [2.75, 3.05) is 7.11 Å². The van der Waals surface area contributed by atoms with Gasteiger partial charge in [-0.3, -0.25) is 4.79 Å². The van der Waals surface area contributed by atoms with Gasteiger partial charge in [-0.15, -0.1) is 0 Å².